The van der Waals surface area contributed by atoms with Crippen LogP contribution in [0.4, 0.5) is 11.4 Å². The van der Waals surface area contributed by atoms with Gasteiger partial charge in [0.05, 0.1) is 11.4 Å². The quantitative estimate of drug-likeness (QED) is 0.534. The molecular formula is C26H29NO5S. The van der Waals surface area contributed by atoms with Gasteiger partial charge >= 0.3 is 5.97 Å². The fourth-order valence-corrected chi connectivity index (χ4v) is 6.07. The summed E-state index contributed by atoms with van der Waals surface area (Å²) in [6, 6.07) is 7.30. The Bertz CT molecular complexity index is 1100. The zero-order valence-corrected chi connectivity index (χ0v) is 19.7. The third-order valence-electron chi connectivity index (χ3n) is 6.95. The van der Waals surface area contributed by atoms with Gasteiger partial charge in [0, 0.05) is 16.9 Å². The van der Waals surface area contributed by atoms with E-state index in [0.29, 0.717) is 28.8 Å². The van der Waals surface area contributed by atoms with Crippen LogP contribution in [0.1, 0.15) is 72.8 Å². The van der Waals surface area contributed by atoms with Gasteiger partial charge in [0.1, 0.15) is 4.88 Å². The average molecular weight is 468 g/mol. The number of hydrogen-bond acceptors (Lipinski definition) is 5. The van der Waals surface area contributed by atoms with Crippen LogP contribution < -0.4 is 14.4 Å². The molecule has 1 aliphatic heterocycles. The van der Waals surface area contributed by atoms with Crippen molar-refractivity contribution in [2.75, 3.05) is 11.7 Å². The van der Waals surface area contributed by atoms with E-state index in [1.54, 1.807) is 17.0 Å². The van der Waals surface area contributed by atoms with Crippen LogP contribution in [-0.4, -0.2) is 23.8 Å². The highest BCUT2D eigenvalue weighted by molar-refractivity contribution is 7.15. The van der Waals surface area contributed by atoms with E-state index >= 15 is 0 Å². The van der Waals surface area contributed by atoms with Crippen LogP contribution in [0.15, 0.2) is 30.3 Å². The van der Waals surface area contributed by atoms with Gasteiger partial charge in [-0.3, -0.25) is 9.69 Å². The predicted molar refractivity (Wildman–Crippen MR) is 129 cm³/mol. The summed E-state index contributed by atoms with van der Waals surface area (Å²) >= 11 is 1.27. The van der Waals surface area contributed by atoms with Gasteiger partial charge in [0.15, 0.2) is 11.5 Å². The molecule has 1 fully saturated rings. The Hall–Kier alpha value is -2.80. The van der Waals surface area contributed by atoms with Crippen LogP contribution in [0.25, 0.3) is 5.57 Å². The molecule has 1 aromatic carbocycles. The van der Waals surface area contributed by atoms with E-state index in [4.69, 9.17) is 9.47 Å². The first kappa shape index (κ1) is 22.0. The number of hydrogen-bond donors (Lipinski definition) is 1. The number of allylic oxidation sites excluding steroid dienone is 2. The molecule has 0 atom stereocenters. The van der Waals surface area contributed by atoms with Crippen molar-refractivity contribution in [2.45, 2.75) is 58.3 Å². The lowest BCUT2D eigenvalue weighted by Gasteiger charge is -2.31. The summed E-state index contributed by atoms with van der Waals surface area (Å²) < 4.78 is 11.0. The van der Waals surface area contributed by atoms with Gasteiger partial charge < -0.3 is 14.6 Å². The van der Waals surface area contributed by atoms with Gasteiger partial charge in [0.2, 0.25) is 12.7 Å². The highest BCUT2D eigenvalue weighted by Gasteiger charge is 2.34. The molecule has 1 amide bonds. The Kier molecular flexibility index (Phi) is 6.15. The lowest BCUT2D eigenvalue weighted by molar-refractivity contribution is -0.122. The molecule has 2 aliphatic carbocycles. The second-order valence-corrected chi connectivity index (χ2v) is 10.3. The Balaban J connectivity index is 1.59. The van der Waals surface area contributed by atoms with Gasteiger partial charge in [-0.05, 0) is 81.1 Å². The lowest BCUT2D eigenvalue weighted by atomic mass is 9.82. The largest absolute Gasteiger partial charge is 0.477 e. The topological polar surface area (TPSA) is 76.1 Å². The molecule has 0 unspecified atom stereocenters. The molecule has 5 rings (SSSR count). The summed E-state index contributed by atoms with van der Waals surface area (Å²) in [5.74, 6) is 0.664. The number of nitrogens with zero attached hydrogens (tertiary/aromatic N) is 1. The number of rotatable bonds is 5. The van der Waals surface area contributed by atoms with Crippen molar-refractivity contribution in [3.63, 3.8) is 0 Å². The molecule has 7 heteroatoms. The molecule has 1 saturated carbocycles. The van der Waals surface area contributed by atoms with Crippen molar-refractivity contribution in [3.05, 3.63) is 40.1 Å². The molecule has 0 radical (unpaired) electrons. The van der Waals surface area contributed by atoms with Crippen LogP contribution in [0.2, 0.25) is 0 Å². The number of amides is 1. The molecule has 1 aromatic heterocycles. The fourth-order valence-electron chi connectivity index (χ4n) is 5.02. The molecule has 0 saturated heterocycles. The van der Waals surface area contributed by atoms with E-state index in [9.17, 15) is 14.7 Å². The Labute approximate surface area is 197 Å². The SMILES string of the molecule is CC1CCC(C(=O)N(c2ccc3c(c2)OCO3)c2cc(C3=CCCCC3)sc2C(=O)O)CC1. The molecule has 1 N–H and O–H groups in total. The van der Waals surface area contributed by atoms with Crippen LogP contribution in [0.3, 0.4) is 0 Å². The normalized spacial score (nSPS) is 22.0. The fraction of sp³-hybridized carbons (Fsp3) is 0.462. The number of benzene rings is 1. The maximum Gasteiger partial charge on any atom is 0.348 e. The number of anilines is 2. The Morgan fingerprint density at radius 1 is 1.06 bits per heavy atom. The van der Waals surface area contributed by atoms with E-state index in [1.165, 1.54) is 16.9 Å². The van der Waals surface area contributed by atoms with E-state index < -0.39 is 5.97 Å². The molecule has 174 valence electrons. The first-order valence-electron chi connectivity index (χ1n) is 11.8. The van der Waals surface area contributed by atoms with Gasteiger partial charge in [-0.1, -0.05) is 13.0 Å². The number of thiophene rings is 1. The minimum atomic E-state index is -1.01. The highest BCUT2D eigenvalue weighted by atomic mass is 32.1. The van der Waals surface area contributed by atoms with E-state index in [2.05, 4.69) is 13.0 Å². The zero-order chi connectivity index (χ0) is 22.9. The second-order valence-electron chi connectivity index (χ2n) is 9.27. The number of carboxylic acid groups (broad SMARTS) is 1. The lowest BCUT2D eigenvalue weighted by Crippen LogP contribution is -2.35. The molecular weight excluding hydrogens is 438 g/mol. The molecule has 3 aliphatic rings. The predicted octanol–water partition coefficient (Wildman–Crippen LogP) is 6.62. The molecule has 6 nitrogen and oxygen atoms in total. The monoisotopic (exact) mass is 467 g/mol. The van der Waals surface area contributed by atoms with Crippen LogP contribution in [0.5, 0.6) is 11.5 Å². The summed E-state index contributed by atoms with van der Waals surface area (Å²) in [5, 5.41) is 10.1. The summed E-state index contributed by atoms with van der Waals surface area (Å²) in [6.07, 6.45) is 10.1. The number of carbonyl (C=O) groups excluding carboxylic acids is 1. The standard InChI is InChI=1S/C26H29NO5S/c1-16-7-9-18(10-8-16)25(28)27(19-11-12-21-22(13-19)32-15-31-21)20-14-23(33-24(20)26(29)30)17-5-3-2-4-6-17/h5,11-14,16,18H,2-4,6-10,15H2,1H3,(H,29,30). The van der Waals surface area contributed by atoms with E-state index in [-0.39, 0.29) is 23.5 Å². The third kappa shape index (κ3) is 4.38. The molecule has 0 spiro atoms. The smallest absolute Gasteiger partial charge is 0.348 e. The van der Waals surface area contributed by atoms with Gasteiger partial charge in [-0.15, -0.1) is 11.3 Å². The van der Waals surface area contributed by atoms with Crippen molar-refractivity contribution >= 4 is 40.2 Å². The van der Waals surface area contributed by atoms with Crippen LogP contribution in [0, 0.1) is 11.8 Å². The summed E-state index contributed by atoms with van der Waals surface area (Å²) in [7, 11) is 0. The van der Waals surface area contributed by atoms with Gasteiger partial charge in [-0.25, -0.2) is 4.79 Å². The Morgan fingerprint density at radius 3 is 2.58 bits per heavy atom. The second kappa shape index (κ2) is 9.21. The summed E-state index contributed by atoms with van der Waals surface area (Å²) in [4.78, 5) is 29.0. The van der Waals surface area contributed by atoms with Crippen LogP contribution >= 0.6 is 11.3 Å². The minimum Gasteiger partial charge on any atom is -0.477 e. The van der Waals surface area contributed by atoms with Crippen molar-refractivity contribution in [2.24, 2.45) is 11.8 Å². The van der Waals surface area contributed by atoms with Crippen molar-refractivity contribution in [1.29, 1.82) is 0 Å². The highest BCUT2D eigenvalue weighted by Crippen LogP contribution is 2.44. The third-order valence-corrected chi connectivity index (χ3v) is 8.14. The summed E-state index contributed by atoms with van der Waals surface area (Å²) in [5.41, 5.74) is 2.26. The first-order valence-corrected chi connectivity index (χ1v) is 12.6. The number of carbonyl (C=O) groups is 2. The van der Waals surface area contributed by atoms with Crippen molar-refractivity contribution in [1.82, 2.24) is 0 Å². The summed E-state index contributed by atoms with van der Waals surface area (Å²) in [6.45, 7) is 2.37. The number of aromatic carboxylic acids is 1. The number of carboxylic acids is 1. The van der Waals surface area contributed by atoms with Gasteiger partial charge in [-0.2, -0.15) is 0 Å². The van der Waals surface area contributed by atoms with Crippen molar-refractivity contribution < 1.29 is 24.2 Å². The maximum absolute atomic E-state index is 13.9. The minimum absolute atomic E-state index is 0.0368. The molecule has 33 heavy (non-hydrogen) atoms. The van der Waals surface area contributed by atoms with Gasteiger partial charge in [0.25, 0.3) is 0 Å². The Morgan fingerprint density at radius 2 is 1.85 bits per heavy atom. The average Bonchev–Trinajstić information content (AvgIpc) is 3.47. The van der Waals surface area contributed by atoms with Crippen molar-refractivity contribution in [3.8, 4) is 11.5 Å². The number of ether oxygens (including phenoxy) is 2. The van der Waals surface area contributed by atoms with Crippen LogP contribution in [-0.2, 0) is 4.79 Å². The maximum atomic E-state index is 13.9. The molecule has 2 heterocycles. The first-order chi connectivity index (χ1) is 16.0. The molecule has 0 bridgehead atoms. The zero-order valence-electron chi connectivity index (χ0n) is 18.8. The van der Waals surface area contributed by atoms with E-state index in [1.807, 2.05) is 12.1 Å². The van der Waals surface area contributed by atoms with E-state index in [0.717, 1.165) is 56.2 Å². The molecule has 2 aromatic rings. The number of fused-ring (bicyclic) bond motifs is 1.